The summed E-state index contributed by atoms with van der Waals surface area (Å²) in [6.45, 7) is 4.46. The highest BCUT2D eigenvalue weighted by atomic mass is 13.9. The topological polar surface area (TPSA) is 0 Å². The predicted molar refractivity (Wildman–Crippen MR) is 89.5 cm³/mol. The fourth-order valence-electron chi connectivity index (χ4n) is 1.73. The van der Waals surface area contributed by atoms with Crippen molar-refractivity contribution >= 4 is 0 Å². The van der Waals surface area contributed by atoms with Gasteiger partial charge in [-0.25, -0.2) is 0 Å². The molecule has 0 atom stereocenters. The lowest BCUT2D eigenvalue weighted by Crippen LogP contribution is -1.70. The highest BCUT2D eigenvalue weighted by Gasteiger charge is 1.80. The quantitative estimate of drug-likeness (QED) is 0.268. The molecule has 0 aromatic heterocycles. The summed E-state index contributed by atoms with van der Waals surface area (Å²) in [6.07, 6.45) is 29.0. The molecule has 0 aromatic rings. The Hall–Kier alpha value is -1.04. The third kappa shape index (κ3) is 17.0. The van der Waals surface area contributed by atoms with Crippen molar-refractivity contribution < 1.29 is 0 Å². The van der Waals surface area contributed by atoms with Crippen molar-refractivity contribution in [2.24, 2.45) is 0 Å². The fourth-order valence-corrected chi connectivity index (χ4v) is 1.73. The molecule has 0 heteroatoms. The Morgan fingerprint density at radius 3 is 1.42 bits per heavy atom. The van der Waals surface area contributed by atoms with Gasteiger partial charge in [0, 0.05) is 0 Å². The smallest absolute Gasteiger partial charge is 0.0169 e. The van der Waals surface area contributed by atoms with Crippen molar-refractivity contribution in [1.82, 2.24) is 0 Å². The van der Waals surface area contributed by atoms with Crippen LogP contribution in [0.2, 0.25) is 0 Å². The number of allylic oxidation sites excluding steroid dienone is 8. The summed E-state index contributed by atoms with van der Waals surface area (Å²) >= 11 is 0. The van der Waals surface area contributed by atoms with Gasteiger partial charge in [-0.3, -0.25) is 0 Å². The van der Waals surface area contributed by atoms with E-state index in [9.17, 15) is 0 Å². The summed E-state index contributed by atoms with van der Waals surface area (Å²) in [4.78, 5) is 0. The van der Waals surface area contributed by atoms with Crippen molar-refractivity contribution in [2.75, 3.05) is 0 Å². The van der Waals surface area contributed by atoms with Gasteiger partial charge in [0.25, 0.3) is 0 Å². The summed E-state index contributed by atoms with van der Waals surface area (Å²) in [7, 11) is 0. The van der Waals surface area contributed by atoms with Crippen LogP contribution in [0.5, 0.6) is 0 Å². The molecule has 0 spiro atoms. The zero-order valence-electron chi connectivity index (χ0n) is 13.0. The van der Waals surface area contributed by atoms with E-state index in [1.807, 2.05) is 0 Å². The van der Waals surface area contributed by atoms with Crippen LogP contribution in [0.1, 0.15) is 71.6 Å². The summed E-state index contributed by atoms with van der Waals surface area (Å²) < 4.78 is 0. The van der Waals surface area contributed by atoms with Crippen LogP contribution in [0.25, 0.3) is 0 Å². The molecule has 0 rings (SSSR count). The van der Waals surface area contributed by atoms with Crippen molar-refractivity contribution in [3.8, 4) is 0 Å². The molecule has 19 heavy (non-hydrogen) atoms. The van der Waals surface area contributed by atoms with Crippen molar-refractivity contribution in [3.63, 3.8) is 0 Å². The molecule has 108 valence electrons. The fraction of sp³-hybridized carbons (Fsp3) is 0.579. The maximum atomic E-state index is 2.31. The molecule has 0 radical (unpaired) electrons. The Bertz CT molecular complexity index is 266. The third-order valence-electron chi connectivity index (χ3n) is 2.91. The average molecular weight is 260 g/mol. The lowest BCUT2D eigenvalue weighted by molar-refractivity contribution is 0.728. The van der Waals surface area contributed by atoms with E-state index >= 15 is 0 Å². The van der Waals surface area contributed by atoms with Gasteiger partial charge in [0.15, 0.2) is 0 Å². The first-order valence-corrected chi connectivity index (χ1v) is 8.01. The predicted octanol–water partition coefficient (Wildman–Crippen LogP) is 6.76. The van der Waals surface area contributed by atoms with Crippen LogP contribution < -0.4 is 0 Å². The molecule has 0 amide bonds. The van der Waals surface area contributed by atoms with Crippen molar-refractivity contribution in [3.05, 3.63) is 48.6 Å². The van der Waals surface area contributed by atoms with Gasteiger partial charge in [-0.1, -0.05) is 81.7 Å². The lowest BCUT2D eigenvalue weighted by atomic mass is 10.2. The van der Waals surface area contributed by atoms with Crippen LogP contribution in [-0.4, -0.2) is 0 Å². The SMILES string of the molecule is CCCC=CCC=CCC=CCC=CCCCCC. The second kappa shape index (κ2) is 17.0. The van der Waals surface area contributed by atoms with Crippen LogP contribution in [0.15, 0.2) is 48.6 Å². The molecule has 0 aliphatic rings. The Morgan fingerprint density at radius 1 is 0.474 bits per heavy atom. The van der Waals surface area contributed by atoms with E-state index in [1.54, 1.807) is 0 Å². The molecular weight excluding hydrogens is 228 g/mol. The summed E-state index contributed by atoms with van der Waals surface area (Å²) in [5.74, 6) is 0. The molecule has 0 heterocycles. The van der Waals surface area contributed by atoms with E-state index in [4.69, 9.17) is 0 Å². The summed E-state index contributed by atoms with van der Waals surface area (Å²) in [6, 6.07) is 0. The van der Waals surface area contributed by atoms with E-state index < -0.39 is 0 Å². The van der Waals surface area contributed by atoms with Crippen molar-refractivity contribution in [2.45, 2.75) is 71.6 Å². The standard InChI is InChI=1S/C19H32/c1-3-5-7-9-11-13-15-17-19-18-16-14-12-10-8-6-4-2/h7,9,12-15,18-19H,3-6,8,10-11,16-17H2,1-2H3. The molecule has 0 saturated carbocycles. The average Bonchev–Trinajstić information content (AvgIpc) is 2.43. The first-order valence-electron chi connectivity index (χ1n) is 8.01. The van der Waals surface area contributed by atoms with Crippen LogP contribution in [0, 0.1) is 0 Å². The van der Waals surface area contributed by atoms with E-state index in [0.717, 1.165) is 19.3 Å². The van der Waals surface area contributed by atoms with Crippen LogP contribution >= 0.6 is 0 Å². The van der Waals surface area contributed by atoms with Gasteiger partial charge >= 0.3 is 0 Å². The number of hydrogen-bond donors (Lipinski definition) is 0. The second-order valence-corrected chi connectivity index (χ2v) is 4.88. The molecule has 0 fully saturated rings. The lowest BCUT2D eigenvalue weighted by Gasteiger charge is -1.90. The summed E-state index contributed by atoms with van der Waals surface area (Å²) in [5.41, 5.74) is 0. The normalized spacial score (nSPS) is 12.7. The Balaban J connectivity index is 3.35. The molecular formula is C19H32. The number of hydrogen-bond acceptors (Lipinski definition) is 0. The van der Waals surface area contributed by atoms with E-state index in [0.29, 0.717) is 0 Å². The molecule has 0 bridgehead atoms. The van der Waals surface area contributed by atoms with Crippen molar-refractivity contribution in [1.29, 1.82) is 0 Å². The van der Waals surface area contributed by atoms with Gasteiger partial charge in [0.1, 0.15) is 0 Å². The molecule has 0 saturated heterocycles. The molecule has 0 aliphatic carbocycles. The molecule has 0 N–H and O–H groups in total. The zero-order chi connectivity index (χ0) is 14.0. The van der Waals surface area contributed by atoms with Gasteiger partial charge in [0.2, 0.25) is 0 Å². The minimum atomic E-state index is 1.06. The Kier molecular flexibility index (Phi) is 16.0. The maximum absolute atomic E-state index is 2.31. The molecule has 0 aliphatic heterocycles. The number of unbranched alkanes of at least 4 members (excludes halogenated alkanes) is 4. The van der Waals surface area contributed by atoms with Gasteiger partial charge in [0.05, 0.1) is 0 Å². The van der Waals surface area contributed by atoms with Crippen LogP contribution in [0.3, 0.4) is 0 Å². The minimum absolute atomic E-state index is 1.06. The molecule has 0 nitrogen and oxygen atoms in total. The highest BCUT2D eigenvalue weighted by molar-refractivity contribution is 4.99. The third-order valence-corrected chi connectivity index (χ3v) is 2.91. The van der Waals surface area contributed by atoms with E-state index in [1.165, 1.54) is 38.5 Å². The van der Waals surface area contributed by atoms with Crippen LogP contribution in [-0.2, 0) is 0 Å². The minimum Gasteiger partial charge on any atom is -0.0882 e. The van der Waals surface area contributed by atoms with Crippen LogP contribution in [0.4, 0.5) is 0 Å². The van der Waals surface area contributed by atoms with Gasteiger partial charge in [-0.2, -0.15) is 0 Å². The maximum Gasteiger partial charge on any atom is -0.0169 e. The second-order valence-electron chi connectivity index (χ2n) is 4.88. The number of rotatable bonds is 12. The highest BCUT2D eigenvalue weighted by Crippen LogP contribution is 2.00. The van der Waals surface area contributed by atoms with Gasteiger partial charge in [-0.15, -0.1) is 0 Å². The molecule has 0 unspecified atom stereocenters. The van der Waals surface area contributed by atoms with Gasteiger partial charge < -0.3 is 0 Å². The van der Waals surface area contributed by atoms with E-state index in [-0.39, 0.29) is 0 Å². The first kappa shape index (κ1) is 18.0. The Labute approximate surface area is 121 Å². The largest absolute Gasteiger partial charge is 0.0882 e. The van der Waals surface area contributed by atoms with Gasteiger partial charge in [-0.05, 0) is 38.5 Å². The monoisotopic (exact) mass is 260 g/mol. The molecule has 0 aromatic carbocycles. The van der Waals surface area contributed by atoms with E-state index in [2.05, 4.69) is 62.5 Å². The zero-order valence-corrected chi connectivity index (χ0v) is 13.0. The Morgan fingerprint density at radius 2 is 0.947 bits per heavy atom. The first-order chi connectivity index (χ1) is 9.41. The summed E-state index contributed by atoms with van der Waals surface area (Å²) in [5, 5.41) is 0.